The Hall–Kier alpha value is -1.15. The maximum atomic E-state index is 6.27. The number of benzene rings is 1. The second kappa shape index (κ2) is 4.70. The highest BCUT2D eigenvalue weighted by Gasteiger charge is 2.27. The van der Waals surface area contributed by atoms with Gasteiger partial charge in [-0.15, -0.1) is 0 Å². The molecule has 1 aliphatic rings. The van der Waals surface area contributed by atoms with Crippen molar-refractivity contribution in [2.45, 2.75) is 33.1 Å². The van der Waals surface area contributed by atoms with Crippen molar-refractivity contribution in [3.63, 3.8) is 0 Å². The molecule has 1 aromatic heterocycles. The Morgan fingerprint density at radius 2 is 1.80 bits per heavy atom. The molecule has 2 aromatic rings. The number of aryl methyl sites for hydroxylation is 2. The first-order chi connectivity index (χ1) is 9.41. The van der Waals surface area contributed by atoms with Crippen molar-refractivity contribution in [1.82, 2.24) is 9.88 Å². The van der Waals surface area contributed by atoms with Gasteiger partial charge in [0.25, 0.3) is 0 Å². The first-order valence-corrected chi connectivity index (χ1v) is 7.26. The van der Waals surface area contributed by atoms with Crippen molar-refractivity contribution in [1.29, 1.82) is 0 Å². The number of nitrogens with one attached hydrogen (secondary N) is 1. The predicted octanol–water partition coefficient (Wildman–Crippen LogP) is 1.10. The summed E-state index contributed by atoms with van der Waals surface area (Å²) in [7, 11) is 14.7. The molecular weight excluding hydrogens is 242 g/mol. The van der Waals surface area contributed by atoms with Gasteiger partial charge >= 0.3 is 0 Å². The lowest BCUT2D eigenvalue weighted by Gasteiger charge is -2.16. The van der Waals surface area contributed by atoms with Crippen LogP contribution in [0.1, 0.15) is 34.7 Å². The Labute approximate surface area is 123 Å². The molecule has 1 unspecified atom stereocenters. The number of hydrogen-bond acceptors (Lipinski definition) is 1. The molecule has 0 bridgehead atoms. The van der Waals surface area contributed by atoms with Crippen LogP contribution in [-0.4, -0.2) is 45.7 Å². The highest BCUT2D eigenvalue weighted by Crippen LogP contribution is 2.35. The van der Waals surface area contributed by atoms with Gasteiger partial charge in [-0.1, -0.05) is 16.5 Å². The number of fused-ring (bicyclic) bond motifs is 1. The van der Waals surface area contributed by atoms with Gasteiger partial charge in [-0.05, 0) is 51.9 Å². The summed E-state index contributed by atoms with van der Waals surface area (Å²) in [6.07, 6.45) is 1.21. The van der Waals surface area contributed by atoms with Crippen LogP contribution in [-0.2, 0) is 0 Å². The fraction of sp³-hybridized carbons (Fsp3) is 0.500. The summed E-state index contributed by atoms with van der Waals surface area (Å²) in [6.45, 7) is 8.53. The van der Waals surface area contributed by atoms with Crippen molar-refractivity contribution in [2.24, 2.45) is 0 Å². The van der Waals surface area contributed by atoms with Crippen LogP contribution in [0.5, 0.6) is 0 Å². The largest absolute Gasteiger partial charge is 0.359 e. The van der Waals surface area contributed by atoms with E-state index in [-0.39, 0.29) is 0 Å². The highest BCUT2D eigenvalue weighted by molar-refractivity contribution is 6.45. The predicted molar refractivity (Wildman–Crippen MR) is 88.1 cm³/mol. The van der Waals surface area contributed by atoms with Crippen molar-refractivity contribution in [3.05, 3.63) is 22.4 Å². The van der Waals surface area contributed by atoms with E-state index in [0.29, 0.717) is 5.92 Å². The molecule has 1 atom stereocenters. The fourth-order valence-corrected chi connectivity index (χ4v) is 3.66. The number of H-pyrrole nitrogens is 1. The first kappa shape index (κ1) is 13.8. The standard InChI is InChI=1S/C16H20B2N2/c1-8-12-13(11-5-6-20(4)7-11)10(3)19-16(12)15(18)9(2)14(8)17/h11,19H,5-7H2,1-4H3. The van der Waals surface area contributed by atoms with Crippen LogP contribution < -0.4 is 10.9 Å². The van der Waals surface area contributed by atoms with E-state index in [0.717, 1.165) is 35.1 Å². The van der Waals surface area contributed by atoms with Crippen LogP contribution in [0.2, 0.25) is 0 Å². The topological polar surface area (TPSA) is 19.0 Å². The van der Waals surface area contributed by atoms with Crippen LogP contribution in [0.15, 0.2) is 0 Å². The number of likely N-dealkylation sites (N-methyl/N-ethyl adjacent to an activating group) is 1. The maximum absolute atomic E-state index is 6.27. The van der Waals surface area contributed by atoms with E-state index in [1.807, 2.05) is 6.92 Å². The molecule has 1 saturated heterocycles. The molecule has 20 heavy (non-hydrogen) atoms. The van der Waals surface area contributed by atoms with E-state index in [4.69, 9.17) is 15.7 Å². The third kappa shape index (κ3) is 1.85. The average Bonchev–Trinajstić information content (AvgIpc) is 2.97. The molecule has 2 heterocycles. The summed E-state index contributed by atoms with van der Waals surface area (Å²) in [4.78, 5) is 5.88. The minimum absolute atomic E-state index is 0.578. The average molecular weight is 262 g/mol. The van der Waals surface area contributed by atoms with E-state index < -0.39 is 0 Å². The number of aromatic amines is 1. The molecule has 0 aliphatic carbocycles. The van der Waals surface area contributed by atoms with E-state index in [2.05, 4.69) is 30.8 Å². The summed E-state index contributed by atoms with van der Waals surface area (Å²) in [5.74, 6) is 0.578. The number of rotatable bonds is 1. The van der Waals surface area contributed by atoms with Crippen LogP contribution in [0.3, 0.4) is 0 Å². The number of likely N-dealkylation sites (tertiary alicyclic amines) is 1. The molecule has 1 aromatic carbocycles. The zero-order valence-corrected chi connectivity index (χ0v) is 12.8. The van der Waals surface area contributed by atoms with E-state index in [1.165, 1.54) is 28.6 Å². The molecule has 2 nitrogen and oxygen atoms in total. The molecule has 100 valence electrons. The quantitative estimate of drug-likeness (QED) is 0.762. The van der Waals surface area contributed by atoms with Crippen molar-refractivity contribution >= 4 is 37.5 Å². The van der Waals surface area contributed by atoms with Gasteiger partial charge in [0.05, 0.1) is 0 Å². The lowest BCUT2D eigenvalue weighted by molar-refractivity contribution is 0.411. The second-order valence-electron chi connectivity index (χ2n) is 6.24. The normalized spacial score (nSPS) is 20.1. The molecule has 0 saturated carbocycles. The van der Waals surface area contributed by atoms with Gasteiger partial charge in [0.2, 0.25) is 0 Å². The third-order valence-electron chi connectivity index (χ3n) is 4.89. The monoisotopic (exact) mass is 262 g/mol. The Balaban J connectivity index is 2.30. The summed E-state index contributed by atoms with van der Waals surface area (Å²) in [5.41, 5.74) is 7.51. The molecule has 4 heteroatoms. The summed E-state index contributed by atoms with van der Waals surface area (Å²) in [5, 5.41) is 1.25. The number of aromatic nitrogens is 1. The smallest absolute Gasteiger partial charge is 0.117 e. The van der Waals surface area contributed by atoms with E-state index in [1.54, 1.807) is 0 Å². The zero-order valence-electron chi connectivity index (χ0n) is 12.8. The van der Waals surface area contributed by atoms with Gasteiger partial charge in [-0.25, -0.2) is 0 Å². The SMILES string of the molecule is [B]c1c(C)c([B])c2[nH]c(C)c(C3CCN(C)C3)c2c1C. The van der Waals surface area contributed by atoms with Gasteiger partial charge in [-0.2, -0.15) is 0 Å². The van der Waals surface area contributed by atoms with Crippen molar-refractivity contribution in [2.75, 3.05) is 20.1 Å². The zero-order chi connectivity index (χ0) is 14.6. The Morgan fingerprint density at radius 3 is 2.40 bits per heavy atom. The lowest BCUT2D eigenvalue weighted by atomic mass is 9.76. The maximum Gasteiger partial charge on any atom is 0.117 e. The van der Waals surface area contributed by atoms with Gasteiger partial charge in [0.1, 0.15) is 15.7 Å². The Bertz CT molecular complexity index is 688. The van der Waals surface area contributed by atoms with Crippen molar-refractivity contribution < 1.29 is 0 Å². The third-order valence-corrected chi connectivity index (χ3v) is 4.89. The fourth-order valence-electron chi connectivity index (χ4n) is 3.66. The second-order valence-corrected chi connectivity index (χ2v) is 6.24. The highest BCUT2D eigenvalue weighted by atomic mass is 15.1. The summed E-state index contributed by atoms with van der Waals surface area (Å²) >= 11 is 0. The molecule has 1 N–H and O–H groups in total. The van der Waals surface area contributed by atoms with Crippen molar-refractivity contribution in [3.8, 4) is 0 Å². The van der Waals surface area contributed by atoms with Crippen LogP contribution in [0.25, 0.3) is 10.9 Å². The Kier molecular flexibility index (Phi) is 3.24. The van der Waals surface area contributed by atoms with Gasteiger partial charge in [0, 0.05) is 29.1 Å². The molecule has 4 radical (unpaired) electrons. The number of hydrogen-bond donors (Lipinski definition) is 1. The van der Waals surface area contributed by atoms with Gasteiger partial charge in [0.15, 0.2) is 0 Å². The van der Waals surface area contributed by atoms with Gasteiger partial charge < -0.3 is 9.88 Å². The summed E-state index contributed by atoms with van der Waals surface area (Å²) < 4.78 is 0. The molecule has 1 aliphatic heterocycles. The number of nitrogens with zero attached hydrogens (tertiary/aromatic N) is 1. The molecule has 0 spiro atoms. The van der Waals surface area contributed by atoms with E-state index >= 15 is 0 Å². The molecule has 1 fully saturated rings. The minimum atomic E-state index is 0.578. The summed E-state index contributed by atoms with van der Waals surface area (Å²) in [6, 6.07) is 0. The Morgan fingerprint density at radius 1 is 1.10 bits per heavy atom. The first-order valence-electron chi connectivity index (χ1n) is 7.26. The van der Waals surface area contributed by atoms with E-state index in [9.17, 15) is 0 Å². The minimum Gasteiger partial charge on any atom is -0.359 e. The van der Waals surface area contributed by atoms with Crippen LogP contribution >= 0.6 is 0 Å². The molecular formula is C16H20B2N2. The van der Waals surface area contributed by atoms with Crippen LogP contribution in [0.4, 0.5) is 0 Å². The van der Waals surface area contributed by atoms with Crippen LogP contribution in [0, 0.1) is 20.8 Å². The van der Waals surface area contributed by atoms with Gasteiger partial charge in [-0.3, -0.25) is 0 Å². The molecule has 3 rings (SSSR count). The lowest BCUT2D eigenvalue weighted by Crippen LogP contribution is -2.24. The molecule has 0 amide bonds.